The Morgan fingerprint density at radius 2 is 1.29 bits per heavy atom. The zero-order valence-electron chi connectivity index (χ0n) is 28.8. The average molecular weight is 669 g/mol. The smallest absolute Gasteiger partial charge is 0.135 e. The van der Waals surface area contributed by atoms with Crippen molar-refractivity contribution in [2.45, 2.75) is 31.1 Å². The first kappa shape index (κ1) is 28.6. The number of anilines is 3. The molecular formula is C49H36N2O. The van der Waals surface area contributed by atoms with Crippen molar-refractivity contribution < 1.29 is 4.42 Å². The highest BCUT2D eigenvalue weighted by Gasteiger charge is 2.57. The molecule has 3 unspecified atom stereocenters. The van der Waals surface area contributed by atoms with Gasteiger partial charge in [0.05, 0.1) is 16.7 Å². The zero-order chi connectivity index (χ0) is 34.0. The third kappa shape index (κ3) is 3.75. The molecule has 3 atom stereocenters. The molecule has 0 saturated heterocycles. The van der Waals surface area contributed by atoms with Gasteiger partial charge in [0.2, 0.25) is 0 Å². The monoisotopic (exact) mass is 668 g/mol. The number of nitrogens with zero attached hydrogens (tertiary/aromatic N) is 2. The predicted octanol–water partition coefficient (Wildman–Crippen LogP) is 13.2. The van der Waals surface area contributed by atoms with Gasteiger partial charge in [0.15, 0.2) is 0 Å². The second-order valence-corrected chi connectivity index (χ2v) is 15.3. The molecule has 2 saturated carbocycles. The Hall–Kier alpha value is -6.06. The van der Waals surface area contributed by atoms with Crippen molar-refractivity contribution in [1.82, 2.24) is 4.57 Å². The van der Waals surface area contributed by atoms with E-state index in [1.165, 1.54) is 69.9 Å². The third-order valence-electron chi connectivity index (χ3n) is 12.8. The summed E-state index contributed by atoms with van der Waals surface area (Å²) < 4.78 is 8.77. The van der Waals surface area contributed by atoms with Crippen molar-refractivity contribution in [2.24, 2.45) is 11.8 Å². The lowest BCUT2D eigenvalue weighted by Gasteiger charge is -2.37. The number of rotatable bonds is 4. The summed E-state index contributed by atoms with van der Waals surface area (Å²) in [6.07, 6.45) is 5.33. The Morgan fingerprint density at radius 3 is 2.17 bits per heavy atom. The highest BCUT2D eigenvalue weighted by Crippen LogP contribution is 2.67. The molecule has 12 rings (SSSR count). The standard InChI is InChI=1S/C49H36N2O/c1-2-11-33(12-3-1)51-43-18-8-5-13-36(43)37-25-23-35(29-45(37)51)50(34-24-26-47-40(28-34)38-14-6-9-20-46(38)52-47)44-19-10-17-42-48(44)39-15-4-7-16-41(39)49(42)30-31-21-22-32(49)27-31/h1-20,23-26,28-29,31-32H,21-22,27,30H2. The van der Waals surface area contributed by atoms with Gasteiger partial charge in [-0.25, -0.2) is 0 Å². The SMILES string of the molecule is c1ccc(-n2c3ccccc3c3ccc(N(c4ccc5oc6ccccc6c5c4)c4cccc5c4-c4ccccc4C54CC5CCC4C5)cc32)cc1. The van der Waals surface area contributed by atoms with Gasteiger partial charge in [-0.1, -0.05) is 103 Å². The van der Waals surface area contributed by atoms with Crippen LogP contribution in [0.15, 0.2) is 162 Å². The summed E-state index contributed by atoms with van der Waals surface area (Å²) in [5, 5.41) is 4.79. The number of aromatic nitrogens is 1. The lowest BCUT2D eigenvalue weighted by Crippen LogP contribution is -2.31. The van der Waals surface area contributed by atoms with Gasteiger partial charge in [-0.05, 0) is 108 Å². The van der Waals surface area contributed by atoms with Gasteiger partial charge in [-0.15, -0.1) is 0 Å². The van der Waals surface area contributed by atoms with Crippen molar-refractivity contribution in [3.05, 3.63) is 169 Å². The van der Waals surface area contributed by atoms with E-state index in [4.69, 9.17) is 4.42 Å². The molecule has 3 heteroatoms. The molecule has 3 aliphatic carbocycles. The maximum atomic E-state index is 6.34. The molecule has 2 heterocycles. The van der Waals surface area contributed by atoms with Crippen LogP contribution in [0.1, 0.15) is 36.8 Å². The molecule has 2 fully saturated rings. The van der Waals surface area contributed by atoms with Crippen molar-refractivity contribution in [3.63, 3.8) is 0 Å². The van der Waals surface area contributed by atoms with Crippen molar-refractivity contribution in [3.8, 4) is 16.8 Å². The minimum absolute atomic E-state index is 0.102. The van der Waals surface area contributed by atoms with Crippen LogP contribution in [0.5, 0.6) is 0 Å². The maximum Gasteiger partial charge on any atom is 0.135 e. The highest BCUT2D eigenvalue weighted by atomic mass is 16.3. The summed E-state index contributed by atoms with van der Waals surface area (Å²) in [6.45, 7) is 0. The van der Waals surface area contributed by atoms with E-state index in [1.54, 1.807) is 5.56 Å². The van der Waals surface area contributed by atoms with Crippen LogP contribution >= 0.6 is 0 Å². The summed E-state index contributed by atoms with van der Waals surface area (Å²) in [5.41, 5.74) is 14.9. The molecule has 0 amide bonds. The number of hydrogen-bond acceptors (Lipinski definition) is 2. The fraction of sp³-hybridized carbons (Fsp3) is 0.143. The predicted molar refractivity (Wildman–Crippen MR) is 214 cm³/mol. The lowest BCUT2D eigenvalue weighted by molar-refractivity contribution is 0.327. The van der Waals surface area contributed by atoms with Crippen LogP contribution in [0, 0.1) is 11.8 Å². The molecule has 0 aliphatic heterocycles. The topological polar surface area (TPSA) is 21.3 Å². The van der Waals surface area contributed by atoms with Gasteiger partial charge in [0.1, 0.15) is 11.2 Å². The Labute approximate surface area is 302 Å². The molecule has 2 aromatic heterocycles. The number of fused-ring (bicyclic) bond motifs is 14. The number of furan rings is 1. The van der Waals surface area contributed by atoms with E-state index in [0.717, 1.165) is 44.9 Å². The zero-order valence-corrected chi connectivity index (χ0v) is 28.8. The summed E-state index contributed by atoms with van der Waals surface area (Å²) in [5.74, 6) is 1.53. The molecule has 248 valence electrons. The van der Waals surface area contributed by atoms with E-state index in [1.807, 2.05) is 0 Å². The Bertz CT molecular complexity index is 2900. The number of hydrogen-bond donors (Lipinski definition) is 0. The minimum atomic E-state index is 0.102. The molecule has 0 radical (unpaired) electrons. The lowest BCUT2D eigenvalue weighted by atomic mass is 9.67. The van der Waals surface area contributed by atoms with E-state index in [9.17, 15) is 0 Å². The van der Waals surface area contributed by atoms with Gasteiger partial charge >= 0.3 is 0 Å². The summed E-state index contributed by atoms with van der Waals surface area (Å²) in [6, 6.07) is 58.3. The summed E-state index contributed by atoms with van der Waals surface area (Å²) in [4.78, 5) is 2.52. The van der Waals surface area contributed by atoms with Crippen molar-refractivity contribution in [2.75, 3.05) is 4.90 Å². The van der Waals surface area contributed by atoms with Crippen LogP contribution < -0.4 is 4.90 Å². The fourth-order valence-electron chi connectivity index (χ4n) is 10.8. The van der Waals surface area contributed by atoms with Crippen LogP contribution in [0.4, 0.5) is 17.1 Å². The van der Waals surface area contributed by atoms with Crippen molar-refractivity contribution in [1.29, 1.82) is 0 Å². The van der Waals surface area contributed by atoms with E-state index in [0.29, 0.717) is 5.92 Å². The molecule has 1 spiro atoms. The van der Waals surface area contributed by atoms with E-state index in [2.05, 4.69) is 167 Å². The molecule has 9 aromatic rings. The second kappa shape index (κ2) is 10.5. The fourth-order valence-corrected chi connectivity index (χ4v) is 10.8. The van der Waals surface area contributed by atoms with Crippen LogP contribution in [-0.2, 0) is 5.41 Å². The molecule has 7 aromatic carbocycles. The molecule has 0 N–H and O–H groups in total. The van der Waals surface area contributed by atoms with Crippen LogP contribution in [0.2, 0.25) is 0 Å². The second-order valence-electron chi connectivity index (χ2n) is 15.3. The van der Waals surface area contributed by atoms with Gasteiger partial charge < -0.3 is 13.9 Å². The normalized spacial score (nSPS) is 20.1. The van der Waals surface area contributed by atoms with Crippen LogP contribution in [-0.4, -0.2) is 4.57 Å². The summed E-state index contributed by atoms with van der Waals surface area (Å²) in [7, 11) is 0. The molecule has 3 nitrogen and oxygen atoms in total. The molecule has 52 heavy (non-hydrogen) atoms. The first-order valence-electron chi connectivity index (χ1n) is 18.8. The van der Waals surface area contributed by atoms with Gasteiger partial charge in [0, 0.05) is 49.6 Å². The molecule has 2 bridgehead atoms. The molecular weight excluding hydrogens is 633 g/mol. The third-order valence-corrected chi connectivity index (χ3v) is 12.8. The highest BCUT2D eigenvalue weighted by molar-refractivity contribution is 6.11. The Morgan fingerprint density at radius 1 is 0.558 bits per heavy atom. The number of benzene rings is 7. The first-order chi connectivity index (χ1) is 25.8. The number of para-hydroxylation sites is 3. The largest absolute Gasteiger partial charge is 0.456 e. The average Bonchev–Trinajstić information content (AvgIpc) is 4.02. The van der Waals surface area contributed by atoms with Gasteiger partial charge in [-0.3, -0.25) is 0 Å². The van der Waals surface area contributed by atoms with E-state index in [-0.39, 0.29) is 5.41 Å². The maximum absolute atomic E-state index is 6.34. The minimum Gasteiger partial charge on any atom is -0.456 e. The Kier molecular flexibility index (Phi) is 5.77. The van der Waals surface area contributed by atoms with E-state index >= 15 is 0 Å². The van der Waals surface area contributed by atoms with E-state index < -0.39 is 0 Å². The summed E-state index contributed by atoms with van der Waals surface area (Å²) >= 11 is 0. The van der Waals surface area contributed by atoms with Crippen molar-refractivity contribution >= 4 is 60.8 Å². The quantitative estimate of drug-likeness (QED) is 0.186. The van der Waals surface area contributed by atoms with Crippen LogP contribution in [0.25, 0.3) is 60.6 Å². The van der Waals surface area contributed by atoms with Crippen LogP contribution in [0.3, 0.4) is 0 Å². The Balaban J connectivity index is 1.16. The molecule has 3 aliphatic rings. The first-order valence-corrected chi connectivity index (χ1v) is 18.8. The van der Waals surface area contributed by atoms with Gasteiger partial charge in [0.25, 0.3) is 0 Å². The van der Waals surface area contributed by atoms with Gasteiger partial charge in [-0.2, -0.15) is 0 Å².